The molecule has 1 aliphatic carbocycles. The van der Waals surface area contributed by atoms with Crippen molar-refractivity contribution < 1.29 is 4.74 Å². The van der Waals surface area contributed by atoms with Crippen molar-refractivity contribution in [2.75, 3.05) is 0 Å². The molecule has 0 spiro atoms. The van der Waals surface area contributed by atoms with Crippen LogP contribution >= 0.6 is 0 Å². The van der Waals surface area contributed by atoms with E-state index in [0.717, 1.165) is 17.1 Å². The van der Waals surface area contributed by atoms with Crippen molar-refractivity contribution in [3.05, 3.63) is 192 Å². The number of hydrogen-bond acceptors (Lipinski definition) is 1. The average molecular weight is 585 g/mol. The second-order valence-electron chi connectivity index (χ2n) is 12.4. The molecule has 0 unspecified atom stereocenters. The largest absolute Gasteiger partial charge is 0.456 e. The molecule has 0 atom stereocenters. The van der Waals surface area contributed by atoms with Gasteiger partial charge in [0.1, 0.15) is 11.5 Å². The molecule has 214 valence electrons. The zero-order valence-electron chi connectivity index (χ0n) is 25.1. The van der Waals surface area contributed by atoms with Crippen LogP contribution in [0.2, 0.25) is 0 Å². The summed E-state index contributed by atoms with van der Waals surface area (Å²) in [5.41, 5.74) is 12.1. The maximum atomic E-state index is 6.45. The Kier molecular flexibility index (Phi) is 5.27. The molecule has 0 N–H and O–H groups in total. The van der Waals surface area contributed by atoms with E-state index < -0.39 is 5.41 Å². The highest BCUT2D eigenvalue weighted by atomic mass is 16.5. The Labute approximate surface area is 268 Å². The van der Waals surface area contributed by atoms with E-state index in [1.54, 1.807) is 0 Å². The van der Waals surface area contributed by atoms with Crippen molar-refractivity contribution in [1.29, 1.82) is 0 Å². The van der Waals surface area contributed by atoms with E-state index in [1.165, 1.54) is 71.6 Å². The molecule has 0 aromatic heterocycles. The van der Waals surface area contributed by atoms with E-state index in [-0.39, 0.29) is 0 Å². The van der Waals surface area contributed by atoms with Crippen LogP contribution < -0.4 is 4.74 Å². The first-order chi connectivity index (χ1) is 22.8. The average Bonchev–Trinajstić information content (AvgIpc) is 3.43. The fraction of sp³-hybridized carbons (Fsp3) is 0.0222. The maximum absolute atomic E-state index is 6.45. The first-order valence-corrected chi connectivity index (χ1v) is 15.9. The van der Waals surface area contributed by atoms with Crippen LogP contribution in [0.25, 0.3) is 54.9 Å². The van der Waals surface area contributed by atoms with Gasteiger partial charge in [-0.25, -0.2) is 0 Å². The highest BCUT2D eigenvalue weighted by Gasteiger charge is 2.47. The summed E-state index contributed by atoms with van der Waals surface area (Å²) in [6.07, 6.45) is 0. The third kappa shape index (κ3) is 3.35. The number of hydrogen-bond donors (Lipinski definition) is 0. The normalized spacial score (nSPS) is 13.6. The van der Waals surface area contributed by atoms with E-state index >= 15 is 0 Å². The van der Waals surface area contributed by atoms with E-state index in [4.69, 9.17) is 4.74 Å². The van der Waals surface area contributed by atoms with Crippen LogP contribution in [0.15, 0.2) is 170 Å². The molecule has 0 amide bonds. The van der Waals surface area contributed by atoms with Crippen molar-refractivity contribution in [2.45, 2.75) is 5.41 Å². The lowest BCUT2D eigenvalue weighted by atomic mass is 9.66. The molecule has 0 bridgehead atoms. The summed E-state index contributed by atoms with van der Waals surface area (Å²) in [5, 5.41) is 4.93. The van der Waals surface area contributed by atoms with Crippen molar-refractivity contribution in [1.82, 2.24) is 0 Å². The molecule has 8 aromatic rings. The second kappa shape index (κ2) is 9.54. The summed E-state index contributed by atoms with van der Waals surface area (Å²) in [7, 11) is 0. The van der Waals surface area contributed by atoms with E-state index in [0.29, 0.717) is 0 Å². The molecule has 1 nitrogen and oxygen atoms in total. The van der Waals surface area contributed by atoms with Crippen molar-refractivity contribution in [3.8, 4) is 44.9 Å². The van der Waals surface area contributed by atoms with Gasteiger partial charge in [0.05, 0.1) is 5.41 Å². The standard InChI is InChI=1S/C45H28O/c1-3-13-31(14-4-1)45(32-15-5-2-6-16-32)40-28-30(23-24-35(40)39-25-22-29-12-7-8-17-34(29)44(39)45)33-26-27-42-43-37(33)19-11-20-38(43)36-18-9-10-21-41(36)46-42/h1-28H. The van der Waals surface area contributed by atoms with Crippen LogP contribution in [0, 0.1) is 0 Å². The SMILES string of the molecule is c1ccc(C2(c3ccccc3)c3cc(-c4ccc5c6c(cccc46)-c4ccccc4O5)ccc3-c3ccc4ccccc4c32)cc1. The summed E-state index contributed by atoms with van der Waals surface area (Å²) in [6.45, 7) is 0. The van der Waals surface area contributed by atoms with Gasteiger partial charge in [0.25, 0.3) is 0 Å². The van der Waals surface area contributed by atoms with Crippen LogP contribution in [0.5, 0.6) is 11.5 Å². The first kappa shape index (κ1) is 25.4. The number of fused-ring (bicyclic) bond motifs is 7. The van der Waals surface area contributed by atoms with Gasteiger partial charge in [-0.1, -0.05) is 152 Å². The summed E-state index contributed by atoms with van der Waals surface area (Å²) in [4.78, 5) is 0. The van der Waals surface area contributed by atoms with Gasteiger partial charge in [-0.15, -0.1) is 0 Å². The van der Waals surface area contributed by atoms with Crippen molar-refractivity contribution in [3.63, 3.8) is 0 Å². The minimum absolute atomic E-state index is 0.488. The highest BCUT2D eigenvalue weighted by molar-refractivity contribution is 6.10. The minimum atomic E-state index is -0.488. The van der Waals surface area contributed by atoms with Gasteiger partial charge in [0.2, 0.25) is 0 Å². The highest BCUT2D eigenvalue weighted by Crippen LogP contribution is 2.59. The zero-order chi connectivity index (χ0) is 30.2. The smallest absolute Gasteiger partial charge is 0.135 e. The summed E-state index contributed by atoms with van der Waals surface area (Å²) in [6, 6.07) is 62.1. The third-order valence-electron chi connectivity index (χ3n) is 10.1. The monoisotopic (exact) mass is 584 g/mol. The third-order valence-corrected chi connectivity index (χ3v) is 10.1. The molecule has 0 radical (unpaired) electrons. The fourth-order valence-electron chi connectivity index (χ4n) is 8.27. The van der Waals surface area contributed by atoms with Crippen LogP contribution in [-0.4, -0.2) is 0 Å². The number of ether oxygens (including phenoxy) is 1. The van der Waals surface area contributed by atoms with E-state index in [2.05, 4.69) is 164 Å². The van der Waals surface area contributed by atoms with Gasteiger partial charge in [-0.05, 0) is 84.4 Å². The lowest BCUT2D eigenvalue weighted by molar-refractivity contribution is 0.487. The Bertz CT molecular complexity index is 2450. The van der Waals surface area contributed by atoms with Crippen LogP contribution in [-0.2, 0) is 5.41 Å². The Balaban J connectivity index is 1.30. The molecule has 1 heteroatoms. The van der Waals surface area contributed by atoms with Crippen LogP contribution in [0.4, 0.5) is 0 Å². The molecular weight excluding hydrogens is 556 g/mol. The second-order valence-corrected chi connectivity index (χ2v) is 12.4. The van der Waals surface area contributed by atoms with Gasteiger partial charge >= 0.3 is 0 Å². The van der Waals surface area contributed by atoms with Gasteiger partial charge in [0.15, 0.2) is 0 Å². The molecule has 2 aliphatic rings. The van der Waals surface area contributed by atoms with Gasteiger partial charge < -0.3 is 4.74 Å². The summed E-state index contributed by atoms with van der Waals surface area (Å²) < 4.78 is 6.45. The van der Waals surface area contributed by atoms with Crippen molar-refractivity contribution >= 4 is 21.5 Å². The molecule has 0 fully saturated rings. The van der Waals surface area contributed by atoms with Crippen LogP contribution in [0.3, 0.4) is 0 Å². The van der Waals surface area contributed by atoms with E-state index in [9.17, 15) is 0 Å². The topological polar surface area (TPSA) is 9.23 Å². The Morgan fingerprint density at radius 1 is 0.391 bits per heavy atom. The van der Waals surface area contributed by atoms with Crippen molar-refractivity contribution in [2.24, 2.45) is 0 Å². The lowest BCUT2D eigenvalue weighted by Gasteiger charge is -2.35. The van der Waals surface area contributed by atoms with Gasteiger partial charge in [-0.3, -0.25) is 0 Å². The predicted octanol–water partition coefficient (Wildman–Crippen LogP) is 11.8. The number of rotatable bonds is 3. The Hall–Kier alpha value is -5.92. The summed E-state index contributed by atoms with van der Waals surface area (Å²) in [5.74, 6) is 1.82. The molecule has 1 heterocycles. The molecule has 0 saturated heterocycles. The number of para-hydroxylation sites is 1. The fourth-order valence-corrected chi connectivity index (χ4v) is 8.27. The summed E-state index contributed by atoms with van der Waals surface area (Å²) >= 11 is 0. The molecular formula is C45H28O. The maximum Gasteiger partial charge on any atom is 0.135 e. The van der Waals surface area contributed by atoms with Gasteiger partial charge in [0, 0.05) is 10.9 Å². The molecule has 1 aliphatic heterocycles. The van der Waals surface area contributed by atoms with Gasteiger partial charge in [-0.2, -0.15) is 0 Å². The Morgan fingerprint density at radius 2 is 1.04 bits per heavy atom. The minimum Gasteiger partial charge on any atom is -0.456 e. The molecule has 8 aromatic carbocycles. The first-order valence-electron chi connectivity index (χ1n) is 15.9. The number of benzene rings is 8. The zero-order valence-corrected chi connectivity index (χ0v) is 25.1. The predicted molar refractivity (Wildman–Crippen MR) is 190 cm³/mol. The molecule has 10 rings (SSSR count). The Morgan fingerprint density at radius 3 is 1.87 bits per heavy atom. The van der Waals surface area contributed by atoms with Crippen LogP contribution in [0.1, 0.15) is 22.3 Å². The molecule has 0 saturated carbocycles. The quantitative estimate of drug-likeness (QED) is 0.201. The lowest BCUT2D eigenvalue weighted by Crippen LogP contribution is -2.28. The van der Waals surface area contributed by atoms with E-state index in [1.807, 2.05) is 6.07 Å². The molecule has 46 heavy (non-hydrogen) atoms.